The van der Waals surface area contributed by atoms with Crippen LogP contribution in [0, 0.1) is 5.41 Å². The number of barbiturate groups is 1. The zero-order valence-corrected chi connectivity index (χ0v) is 14.9. The number of fused-ring (bicyclic) bond motifs is 4. The highest BCUT2D eigenvalue weighted by atomic mass is 16.5. The Bertz CT molecular complexity index is 788. The number of ether oxygens (including phenoxy) is 2. The van der Waals surface area contributed by atoms with Gasteiger partial charge in [0, 0.05) is 18.7 Å². The van der Waals surface area contributed by atoms with E-state index in [-0.39, 0.29) is 18.6 Å². The summed E-state index contributed by atoms with van der Waals surface area (Å²) in [5.41, 5.74) is 0.356. The summed E-state index contributed by atoms with van der Waals surface area (Å²) >= 11 is 0. The Morgan fingerprint density at radius 1 is 1.19 bits per heavy atom. The van der Waals surface area contributed by atoms with Gasteiger partial charge in [-0.25, -0.2) is 4.79 Å². The molecule has 3 heterocycles. The molecule has 8 nitrogen and oxygen atoms in total. The lowest BCUT2D eigenvalue weighted by atomic mass is 9.66. The van der Waals surface area contributed by atoms with Gasteiger partial charge in [0.05, 0.1) is 25.4 Å². The maximum Gasteiger partial charge on any atom is 0.328 e. The molecule has 2 N–H and O–H groups in total. The SMILES string of the molecule is COc1ccc2c(c1)CC1(C(=O)NC(=O)NC1=O)[C@H]1[C@H](C)O[C@H](C)CN21. The van der Waals surface area contributed by atoms with Crippen LogP contribution in [0.15, 0.2) is 18.2 Å². The molecule has 4 amide bonds. The number of morpholine rings is 1. The topological polar surface area (TPSA) is 97.0 Å². The Kier molecular flexibility index (Phi) is 3.69. The van der Waals surface area contributed by atoms with Crippen molar-refractivity contribution >= 4 is 23.5 Å². The minimum Gasteiger partial charge on any atom is -0.497 e. The molecule has 2 fully saturated rings. The molecule has 138 valence electrons. The first kappa shape index (κ1) is 16.8. The summed E-state index contributed by atoms with van der Waals surface area (Å²) in [6, 6.07) is 4.36. The van der Waals surface area contributed by atoms with E-state index in [0.717, 1.165) is 11.3 Å². The standard InChI is InChI=1S/C18H21N3O5/c1-9-8-21-13-5-4-12(25-3)6-11(13)7-18(14(21)10(2)26-9)15(22)19-17(24)20-16(18)23/h4-6,9-10,14H,7-8H2,1-3H3,(H2,19,20,22,23,24)/t9-,10+,14-/m1/s1. The van der Waals surface area contributed by atoms with Crippen molar-refractivity contribution in [1.82, 2.24) is 10.6 Å². The van der Waals surface area contributed by atoms with Crippen LogP contribution in [0.3, 0.4) is 0 Å². The van der Waals surface area contributed by atoms with Crippen LogP contribution >= 0.6 is 0 Å². The Labute approximate surface area is 150 Å². The molecule has 8 heteroatoms. The van der Waals surface area contributed by atoms with Crippen molar-refractivity contribution in [1.29, 1.82) is 0 Å². The lowest BCUT2D eigenvalue weighted by molar-refractivity contribution is -0.153. The average Bonchev–Trinajstić information content (AvgIpc) is 2.58. The van der Waals surface area contributed by atoms with Crippen LogP contribution in [0.1, 0.15) is 19.4 Å². The first-order valence-corrected chi connectivity index (χ1v) is 8.62. The van der Waals surface area contributed by atoms with Gasteiger partial charge in [0.1, 0.15) is 5.75 Å². The normalized spacial score (nSPS) is 29.6. The minimum absolute atomic E-state index is 0.0531. The molecule has 0 unspecified atom stereocenters. The molecule has 3 aliphatic heterocycles. The van der Waals surface area contributed by atoms with Gasteiger partial charge in [-0.05, 0) is 37.6 Å². The van der Waals surface area contributed by atoms with E-state index in [0.29, 0.717) is 12.3 Å². The second-order valence-corrected chi connectivity index (χ2v) is 7.13. The van der Waals surface area contributed by atoms with Gasteiger partial charge >= 0.3 is 6.03 Å². The molecule has 1 aromatic carbocycles. The number of rotatable bonds is 1. The molecule has 0 bridgehead atoms. The molecular weight excluding hydrogens is 338 g/mol. The molecule has 0 aliphatic carbocycles. The molecule has 3 atom stereocenters. The number of amides is 4. The number of carbonyl (C=O) groups excluding carboxylic acids is 3. The number of methoxy groups -OCH3 is 1. The van der Waals surface area contributed by atoms with Crippen molar-refractivity contribution in [3.05, 3.63) is 23.8 Å². The summed E-state index contributed by atoms with van der Waals surface area (Å²) in [4.78, 5) is 39.5. The van der Waals surface area contributed by atoms with Crippen LogP contribution in [0.4, 0.5) is 10.5 Å². The summed E-state index contributed by atoms with van der Waals surface area (Å²) in [7, 11) is 1.57. The van der Waals surface area contributed by atoms with E-state index in [1.54, 1.807) is 7.11 Å². The van der Waals surface area contributed by atoms with Crippen LogP contribution in [-0.2, 0) is 20.7 Å². The highest BCUT2D eigenvalue weighted by Gasteiger charge is 2.62. The average molecular weight is 359 g/mol. The van der Waals surface area contributed by atoms with E-state index in [4.69, 9.17) is 9.47 Å². The summed E-state index contributed by atoms with van der Waals surface area (Å²) in [6.07, 6.45) is -0.241. The molecule has 3 aliphatic rings. The number of nitrogens with zero attached hydrogens (tertiary/aromatic N) is 1. The van der Waals surface area contributed by atoms with Gasteiger partial charge in [-0.3, -0.25) is 20.2 Å². The van der Waals surface area contributed by atoms with Crippen molar-refractivity contribution in [2.45, 2.75) is 38.5 Å². The third kappa shape index (κ3) is 2.21. The first-order chi connectivity index (χ1) is 12.4. The number of hydrogen-bond donors (Lipinski definition) is 2. The zero-order chi connectivity index (χ0) is 18.6. The third-order valence-electron chi connectivity index (χ3n) is 5.52. The second kappa shape index (κ2) is 5.70. The molecule has 0 saturated carbocycles. The van der Waals surface area contributed by atoms with Crippen LogP contribution in [0.5, 0.6) is 5.75 Å². The van der Waals surface area contributed by atoms with Crippen molar-refractivity contribution < 1.29 is 23.9 Å². The zero-order valence-electron chi connectivity index (χ0n) is 14.9. The number of imide groups is 2. The summed E-state index contributed by atoms with van der Waals surface area (Å²) < 4.78 is 11.3. The molecule has 1 aromatic rings. The Morgan fingerprint density at radius 3 is 2.54 bits per heavy atom. The van der Waals surface area contributed by atoms with Crippen molar-refractivity contribution in [2.24, 2.45) is 5.41 Å². The van der Waals surface area contributed by atoms with E-state index in [2.05, 4.69) is 15.5 Å². The maximum atomic E-state index is 12.9. The molecule has 2 saturated heterocycles. The van der Waals surface area contributed by atoms with Gasteiger partial charge in [-0.1, -0.05) is 0 Å². The first-order valence-electron chi connectivity index (χ1n) is 8.62. The summed E-state index contributed by atoms with van der Waals surface area (Å²) in [5.74, 6) is -0.515. The van der Waals surface area contributed by atoms with Crippen LogP contribution in [0.25, 0.3) is 0 Å². The molecule has 0 radical (unpaired) electrons. The third-order valence-corrected chi connectivity index (χ3v) is 5.52. The Morgan fingerprint density at radius 2 is 1.88 bits per heavy atom. The smallest absolute Gasteiger partial charge is 0.328 e. The molecule has 1 spiro atoms. The van der Waals surface area contributed by atoms with Crippen LogP contribution in [0.2, 0.25) is 0 Å². The predicted molar refractivity (Wildman–Crippen MR) is 92.0 cm³/mol. The fourth-order valence-corrected chi connectivity index (χ4v) is 4.55. The largest absolute Gasteiger partial charge is 0.497 e. The second-order valence-electron chi connectivity index (χ2n) is 7.13. The monoisotopic (exact) mass is 359 g/mol. The molecular formula is C18H21N3O5. The van der Waals surface area contributed by atoms with Gasteiger partial charge in [-0.2, -0.15) is 0 Å². The lowest BCUT2D eigenvalue weighted by Crippen LogP contribution is -2.75. The molecule has 0 aromatic heterocycles. The van der Waals surface area contributed by atoms with Crippen LogP contribution in [-0.4, -0.2) is 49.7 Å². The number of hydrogen-bond acceptors (Lipinski definition) is 6. The lowest BCUT2D eigenvalue weighted by Gasteiger charge is -2.55. The predicted octanol–water partition coefficient (Wildman–Crippen LogP) is 0.586. The summed E-state index contributed by atoms with van der Waals surface area (Å²) in [6.45, 7) is 4.37. The van der Waals surface area contributed by atoms with E-state index in [1.165, 1.54) is 0 Å². The van der Waals surface area contributed by atoms with Gasteiger partial charge in [0.2, 0.25) is 11.8 Å². The Hall–Kier alpha value is -2.61. The number of anilines is 1. The number of urea groups is 1. The fraction of sp³-hybridized carbons (Fsp3) is 0.500. The maximum absolute atomic E-state index is 12.9. The number of nitrogens with one attached hydrogen (secondary N) is 2. The quantitative estimate of drug-likeness (QED) is 0.712. The van der Waals surface area contributed by atoms with Gasteiger partial charge in [-0.15, -0.1) is 0 Å². The highest BCUT2D eigenvalue weighted by molar-refractivity contribution is 6.20. The highest BCUT2D eigenvalue weighted by Crippen LogP contribution is 2.47. The van der Waals surface area contributed by atoms with E-state index >= 15 is 0 Å². The van der Waals surface area contributed by atoms with Crippen molar-refractivity contribution in [3.63, 3.8) is 0 Å². The van der Waals surface area contributed by atoms with Gasteiger partial charge < -0.3 is 14.4 Å². The van der Waals surface area contributed by atoms with E-state index < -0.39 is 29.3 Å². The fourth-order valence-electron chi connectivity index (χ4n) is 4.55. The molecule has 4 rings (SSSR count). The molecule has 26 heavy (non-hydrogen) atoms. The van der Waals surface area contributed by atoms with Crippen molar-refractivity contribution in [2.75, 3.05) is 18.6 Å². The Balaban J connectivity index is 1.91. The van der Waals surface area contributed by atoms with E-state index in [9.17, 15) is 14.4 Å². The number of carbonyl (C=O) groups is 3. The van der Waals surface area contributed by atoms with Crippen LogP contribution < -0.4 is 20.3 Å². The summed E-state index contributed by atoms with van der Waals surface area (Å²) in [5, 5.41) is 4.54. The number of benzene rings is 1. The minimum atomic E-state index is -1.44. The van der Waals surface area contributed by atoms with E-state index in [1.807, 2.05) is 32.0 Å². The van der Waals surface area contributed by atoms with Gasteiger partial charge in [0.15, 0.2) is 5.41 Å². The van der Waals surface area contributed by atoms with Crippen molar-refractivity contribution in [3.8, 4) is 5.75 Å². The van der Waals surface area contributed by atoms with Gasteiger partial charge in [0.25, 0.3) is 0 Å².